The van der Waals surface area contributed by atoms with E-state index in [1.54, 1.807) is 7.11 Å². The second kappa shape index (κ2) is 9.39. The Bertz CT molecular complexity index is 210. The average Bonchev–Trinajstić information content (AvgIpc) is 2.27. The second-order valence-electron chi connectivity index (χ2n) is 4.65. The summed E-state index contributed by atoms with van der Waals surface area (Å²) in [4.78, 5) is 11.8. The van der Waals surface area contributed by atoms with Crippen LogP contribution in [0.5, 0.6) is 0 Å². The lowest BCUT2D eigenvalue weighted by atomic mass is 10.0. The molecule has 0 bridgehead atoms. The molecule has 0 aliphatic rings. The topological polar surface area (TPSA) is 84.6 Å². The van der Waals surface area contributed by atoms with E-state index in [1.807, 2.05) is 13.8 Å². The number of carbonyl (C=O) groups excluding carboxylic acids is 1. The zero-order valence-corrected chi connectivity index (χ0v) is 11.1. The fraction of sp³-hybridized carbons (Fsp3) is 0.917. The minimum Gasteiger partial charge on any atom is -0.394 e. The SMILES string of the molecule is COCC(CO)NC(=O)C(C)CCCC(C)N. The van der Waals surface area contributed by atoms with Crippen LogP contribution in [0, 0.1) is 5.92 Å². The number of hydrogen-bond acceptors (Lipinski definition) is 4. The maximum atomic E-state index is 11.8. The normalized spacial score (nSPS) is 16.3. The Morgan fingerprint density at radius 1 is 1.41 bits per heavy atom. The van der Waals surface area contributed by atoms with Gasteiger partial charge >= 0.3 is 0 Å². The van der Waals surface area contributed by atoms with Gasteiger partial charge in [-0.05, 0) is 19.8 Å². The fourth-order valence-electron chi connectivity index (χ4n) is 1.56. The molecule has 0 saturated carbocycles. The first-order valence-electron chi connectivity index (χ1n) is 6.17. The van der Waals surface area contributed by atoms with Gasteiger partial charge in [0.2, 0.25) is 5.91 Å². The van der Waals surface area contributed by atoms with E-state index in [2.05, 4.69) is 5.32 Å². The lowest BCUT2D eigenvalue weighted by Crippen LogP contribution is -2.43. The van der Waals surface area contributed by atoms with Crippen molar-refractivity contribution in [2.75, 3.05) is 20.3 Å². The predicted molar refractivity (Wildman–Crippen MR) is 67.6 cm³/mol. The van der Waals surface area contributed by atoms with Crippen molar-refractivity contribution >= 4 is 5.91 Å². The van der Waals surface area contributed by atoms with Crippen molar-refractivity contribution in [1.82, 2.24) is 5.32 Å². The van der Waals surface area contributed by atoms with Crippen LogP contribution in [0.2, 0.25) is 0 Å². The number of nitrogens with two attached hydrogens (primary N) is 1. The Balaban J connectivity index is 3.86. The molecule has 102 valence electrons. The molecule has 0 radical (unpaired) electrons. The standard InChI is InChI=1S/C12H26N2O3/c1-9(5-4-6-10(2)13)12(16)14-11(7-15)8-17-3/h9-11,15H,4-8,13H2,1-3H3,(H,14,16). The second-order valence-corrected chi connectivity index (χ2v) is 4.65. The zero-order chi connectivity index (χ0) is 13.3. The maximum absolute atomic E-state index is 11.8. The van der Waals surface area contributed by atoms with E-state index in [-0.39, 0.29) is 30.5 Å². The minimum absolute atomic E-state index is 0.0363. The smallest absolute Gasteiger partial charge is 0.223 e. The summed E-state index contributed by atoms with van der Waals surface area (Å²) in [5.74, 6) is -0.0922. The summed E-state index contributed by atoms with van der Waals surface area (Å²) < 4.78 is 4.90. The predicted octanol–water partition coefficient (Wildman–Crippen LogP) is 0.264. The first-order valence-corrected chi connectivity index (χ1v) is 6.17. The summed E-state index contributed by atoms with van der Waals surface area (Å²) in [6, 6.07) is -0.132. The highest BCUT2D eigenvalue weighted by Gasteiger charge is 2.16. The molecule has 3 atom stereocenters. The molecule has 0 fully saturated rings. The van der Waals surface area contributed by atoms with E-state index in [4.69, 9.17) is 15.6 Å². The molecular formula is C12H26N2O3. The highest BCUT2D eigenvalue weighted by molar-refractivity contribution is 5.78. The molecule has 0 heterocycles. The van der Waals surface area contributed by atoms with Gasteiger partial charge in [0.15, 0.2) is 0 Å². The summed E-state index contributed by atoms with van der Waals surface area (Å²) in [5, 5.41) is 11.8. The van der Waals surface area contributed by atoms with E-state index in [1.165, 1.54) is 0 Å². The highest BCUT2D eigenvalue weighted by Crippen LogP contribution is 2.09. The summed E-state index contributed by atoms with van der Waals surface area (Å²) in [5.41, 5.74) is 5.65. The number of ether oxygens (including phenoxy) is 1. The maximum Gasteiger partial charge on any atom is 0.223 e. The average molecular weight is 246 g/mol. The lowest BCUT2D eigenvalue weighted by molar-refractivity contribution is -0.126. The fourth-order valence-corrected chi connectivity index (χ4v) is 1.56. The van der Waals surface area contributed by atoms with Crippen molar-refractivity contribution in [2.45, 2.75) is 45.2 Å². The first-order chi connectivity index (χ1) is 8.01. The Labute approximate surface area is 104 Å². The number of nitrogens with one attached hydrogen (secondary N) is 1. The lowest BCUT2D eigenvalue weighted by Gasteiger charge is -2.18. The highest BCUT2D eigenvalue weighted by atomic mass is 16.5. The number of rotatable bonds is 9. The molecule has 0 aromatic carbocycles. The Hall–Kier alpha value is -0.650. The van der Waals surface area contributed by atoms with E-state index >= 15 is 0 Å². The quantitative estimate of drug-likeness (QED) is 0.545. The Morgan fingerprint density at radius 2 is 2.06 bits per heavy atom. The van der Waals surface area contributed by atoms with Gasteiger partial charge in [-0.25, -0.2) is 0 Å². The van der Waals surface area contributed by atoms with Gasteiger partial charge < -0.3 is 20.9 Å². The van der Waals surface area contributed by atoms with Gasteiger partial charge in [0.05, 0.1) is 19.3 Å². The van der Waals surface area contributed by atoms with Crippen LogP contribution in [-0.4, -0.2) is 43.4 Å². The third-order valence-electron chi connectivity index (χ3n) is 2.68. The molecule has 17 heavy (non-hydrogen) atoms. The van der Waals surface area contributed by atoms with Gasteiger partial charge in [-0.15, -0.1) is 0 Å². The molecule has 0 rings (SSSR count). The largest absolute Gasteiger partial charge is 0.394 e. The summed E-state index contributed by atoms with van der Waals surface area (Å²) in [6.45, 7) is 4.07. The monoisotopic (exact) mass is 246 g/mol. The summed E-state index contributed by atoms with van der Waals surface area (Å²) in [6.07, 6.45) is 2.69. The molecule has 0 aliphatic heterocycles. The number of methoxy groups -OCH3 is 1. The zero-order valence-electron chi connectivity index (χ0n) is 11.1. The molecule has 1 amide bonds. The van der Waals surface area contributed by atoms with Crippen LogP contribution >= 0.6 is 0 Å². The van der Waals surface area contributed by atoms with Crippen LogP contribution in [0.25, 0.3) is 0 Å². The van der Waals surface area contributed by atoms with Crippen molar-refractivity contribution in [3.63, 3.8) is 0 Å². The van der Waals surface area contributed by atoms with Crippen molar-refractivity contribution in [3.05, 3.63) is 0 Å². The number of aliphatic hydroxyl groups is 1. The van der Waals surface area contributed by atoms with Crippen LogP contribution in [0.3, 0.4) is 0 Å². The van der Waals surface area contributed by atoms with Crippen molar-refractivity contribution in [2.24, 2.45) is 11.7 Å². The van der Waals surface area contributed by atoms with Gasteiger partial charge in [0, 0.05) is 19.1 Å². The molecule has 0 aliphatic carbocycles. The van der Waals surface area contributed by atoms with E-state index in [0.29, 0.717) is 6.61 Å². The Morgan fingerprint density at radius 3 is 2.53 bits per heavy atom. The molecule has 0 aromatic heterocycles. The number of hydrogen-bond donors (Lipinski definition) is 3. The first kappa shape index (κ1) is 16.4. The number of amides is 1. The van der Waals surface area contributed by atoms with Crippen molar-refractivity contribution < 1.29 is 14.6 Å². The van der Waals surface area contributed by atoms with Gasteiger partial charge in [-0.1, -0.05) is 13.3 Å². The van der Waals surface area contributed by atoms with Crippen LogP contribution in [-0.2, 0) is 9.53 Å². The van der Waals surface area contributed by atoms with E-state index in [0.717, 1.165) is 19.3 Å². The minimum atomic E-state index is -0.316. The van der Waals surface area contributed by atoms with Crippen LogP contribution in [0.4, 0.5) is 0 Å². The molecule has 5 nitrogen and oxygen atoms in total. The molecular weight excluding hydrogens is 220 g/mol. The van der Waals surface area contributed by atoms with Gasteiger partial charge in [-0.2, -0.15) is 0 Å². The van der Waals surface area contributed by atoms with Crippen molar-refractivity contribution in [1.29, 1.82) is 0 Å². The van der Waals surface area contributed by atoms with Crippen LogP contribution in [0.15, 0.2) is 0 Å². The van der Waals surface area contributed by atoms with Crippen LogP contribution in [0.1, 0.15) is 33.1 Å². The molecule has 0 saturated heterocycles. The molecule has 0 aromatic rings. The van der Waals surface area contributed by atoms with Gasteiger partial charge in [-0.3, -0.25) is 4.79 Å². The van der Waals surface area contributed by atoms with Crippen molar-refractivity contribution in [3.8, 4) is 0 Å². The molecule has 3 unspecified atom stereocenters. The third kappa shape index (κ3) is 8.12. The molecule has 5 heteroatoms. The van der Waals surface area contributed by atoms with E-state index in [9.17, 15) is 4.79 Å². The number of carbonyl (C=O) groups is 1. The van der Waals surface area contributed by atoms with Gasteiger partial charge in [0.1, 0.15) is 0 Å². The summed E-state index contributed by atoms with van der Waals surface area (Å²) in [7, 11) is 1.54. The molecule has 0 spiro atoms. The molecule has 4 N–H and O–H groups in total. The third-order valence-corrected chi connectivity index (χ3v) is 2.68. The number of aliphatic hydroxyl groups excluding tert-OH is 1. The van der Waals surface area contributed by atoms with E-state index < -0.39 is 0 Å². The summed E-state index contributed by atoms with van der Waals surface area (Å²) >= 11 is 0. The Kier molecular flexibility index (Phi) is 9.03. The van der Waals surface area contributed by atoms with Crippen LogP contribution < -0.4 is 11.1 Å². The van der Waals surface area contributed by atoms with Gasteiger partial charge in [0.25, 0.3) is 0 Å².